The Balaban J connectivity index is 1.62. The molecule has 0 aromatic carbocycles. The van der Waals surface area contributed by atoms with Crippen molar-refractivity contribution in [1.82, 2.24) is 5.01 Å². The second kappa shape index (κ2) is 4.66. The maximum absolute atomic E-state index is 12.5. The number of hydrazone groups is 1. The lowest BCUT2D eigenvalue weighted by molar-refractivity contribution is -0.140. The molecule has 5 rings (SSSR count). The normalized spacial score (nSPS) is 34.2. The average Bonchev–Trinajstić information content (AvgIpc) is 3.03. The van der Waals surface area contributed by atoms with Crippen LogP contribution in [0.15, 0.2) is 38.5 Å². The van der Waals surface area contributed by atoms with E-state index in [2.05, 4.69) is 33.2 Å². The van der Waals surface area contributed by atoms with Crippen molar-refractivity contribution in [2.24, 2.45) is 28.8 Å². The van der Waals surface area contributed by atoms with E-state index in [9.17, 15) is 9.59 Å². The first-order chi connectivity index (χ1) is 10.1. The van der Waals surface area contributed by atoms with E-state index in [4.69, 9.17) is 4.42 Å². The molecule has 1 aromatic rings. The van der Waals surface area contributed by atoms with Crippen LogP contribution >= 0.6 is 15.9 Å². The molecule has 5 nitrogen and oxygen atoms in total. The fourth-order valence-electron chi connectivity index (χ4n) is 3.68. The van der Waals surface area contributed by atoms with E-state index in [0.29, 0.717) is 10.4 Å². The summed E-state index contributed by atoms with van der Waals surface area (Å²) in [4.78, 5) is 25.0. The summed E-state index contributed by atoms with van der Waals surface area (Å²) in [6.07, 6.45) is 7.58. The van der Waals surface area contributed by atoms with Crippen molar-refractivity contribution in [1.29, 1.82) is 0 Å². The number of hydrogen-bond acceptors (Lipinski definition) is 4. The van der Waals surface area contributed by atoms with E-state index in [0.717, 1.165) is 17.9 Å². The van der Waals surface area contributed by atoms with Crippen LogP contribution in [0.4, 0.5) is 0 Å². The lowest BCUT2D eigenvalue weighted by atomic mass is 9.63. The molecule has 0 radical (unpaired) electrons. The Kier molecular flexibility index (Phi) is 2.89. The van der Waals surface area contributed by atoms with Gasteiger partial charge in [0.2, 0.25) is 0 Å². The van der Waals surface area contributed by atoms with Gasteiger partial charge in [0.25, 0.3) is 11.8 Å². The van der Waals surface area contributed by atoms with E-state index < -0.39 is 0 Å². The van der Waals surface area contributed by atoms with Crippen LogP contribution in [0.2, 0.25) is 0 Å². The molecule has 0 unspecified atom stereocenters. The van der Waals surface area contributed by atoms with Gasteiger partial charge in [-0.15, -0.1) is 0 Å². The van der Waals surface area contributed by atoms with Crippen LogP contribution in [0.1, 0.15) is 18.6 Å². The van der Waals surface area contributed by atoms with Gasteiger partial charge in [0.1, 0.15) is 5.76 Å². The van der Waals surface area contributed by atoms with Crippen LogP contribution < -0.4 is 0 Å². The molecule has 1 saturated carbocycles. The Labute approximate surface area is 129 Å². The maximum atomic E-state index is 12.5. The molecule has 0 spiro atoms. The molecule has 2 heterocycles. The smallest absolute Gasteiger partial charge is 0.254 e. The maximum Gasteiger partial charge on any atom is 0.254 e. The van der Waals surface area contributed by atoms with E-state index in [1.807, 2.05) is 0 Å². The number of imide groups is 1. The molecule has 4 aliphatic rings. The predicted octanol–water partition coefficient (Wildman–Crippen LogP) is 2.57. The Hall–Kier alpha value is -1.69. The first-order valence-corrected chi connectivity index (χ1v) is 7.80. The predicted molar refractivity (Wildman–Crippen MR) is 78.2 cm³/mol. The quantitative estimate of drug-likeness (QED) is 0.468. The highest BCUT2D eigenvalue weighted by molar-refractivity contribution is 9.10. The molecule has 108 valence electrons. The summed E-state index contributed by atoms with van der Waals surface area (Å²) >= 11 is 3.20. The highest BCUT2D eigenvalue weighted by Crippen LogP contribution is 2.49. The minimum Gasteiger partial charge on any atom is -0.448 e. The van der Waals surface area contributed by atoms with Gasteiger partial charge in [-0.05, 0) is 52.7 Å². The molecule has 3 aliphatic carbocycles. The Morgan fingerprint density at radius 2 is 1.76 bits per heavy atom. The number of fused-ring (bicyclic) bond motifs is 1. The van der Waals surface area contributed by atoms with Gasteiger partial charge in [0.15, 0.2) is 4.67 Å². The molecule has 1 aromatic heterocycles. The summed E-state index contributed by atoms with van der Waals surface area (Å²) < 4.78 is 5.88. The fraction of sp³-hybridized carbons (Fsp3) is 0.400. The number of amides is 2. The third-order valence-electron chi connectivity index (χ3n) is 4.63. The van der Waals surface area contributed by atoms with Crippen molar-refractivity contribution in [2.75, 3.05) is 0 Å². The van der Waals surface area contributed by atoms with Crippen LogP contribution in [0.25, 0.3) is 0 Å². The van der Waals surface area contributed by atoms with Crippen molar-refractivity contribution >= 4 is 34.0 Å². The molecular formula is C15H13BrN2O3. The van der Waals surface area contributed by atoms with Gasteiger partial charge in [-0.2, -0.15) is 10.1 Å². The topological polar surface area (TPSA) is 62.9 Å². The van der Waals surface area contributed by atoms with Crippen molar-refractivity contribution in [2.45, 2.75) is 12.8 Å². The van der Waals surface area contributed by atoms with E-state index >= 15 is 0 Å². The van der Waals surface area contributed by atoms with Gasteiger partial charge >= 0.3 is 0 Å². The number of allylic oxidation sites excluding steroid dienone is 2. The fourth-order valence-corrected chi connectivity index (χ4v) is 4.00. The zero-order chi connectivity index (χ0) is 14.6. The largest absolute Gasteiger partial charge is 0.448 e. The first kappa shape index (κ1) is 13.0. The molecular weight excluding hydrogens is 336 g/mol. The SMILES string of the molecule is O=C1[C@H]2[C@H](C(=O)N1/N=C\c1ccc(Br)o1)[C@H]1C=C[C@H]2CC1. The molecule has 0 N–H and O–H groups in total. The molecule has 1 saturated heterocycles. The van der Waals surface area contributed by atoms with Crippen LogP contribution in [0.5, 0.6) is 0 Å². The third kappa shape index (κ3) is 1.92. The monoisotopic (exact) mass is 348 g/mol. The van der Waals surface area contributed by atoms with Gasteiger partial charge < -0.3 is 4.42 Å². The number of carbonyl (C=O) groups is 2. The van der Waals surface area contributed by atoms with Gasteiger partial charge in [0, 0.05) is 0 Å². The minimum absolute atomic E-state index is 0.175. The lowest BCUT2D eigenvalue weighted by Gasteiger charge is -2.37. The first-order valence-electron chi connectivity index (χ1n) is 7.00. The molecule has 21 heavy (non-hydrogen) atoms. The van der Waals surface area contributed by atoms with Crippen LogP contribution in [-0.2, 0) is 9.59 Å². The minimum atomic E-state index is -0.221. The summed E-state index contributed by atoms with van der Waals surface area (Å²) in [5.41, 5.74) is 0. The Bertz CT molecular complexity index is 646. The van der Waals surface area contributed by atoms with Gasteiger partial charge in [0.05, 0.1) is 18.1 Å². The summed E-state index contributed by atoms with van der Waals surface area (Å²) in [5.74, 6) is 0.0857. The number of nitrogens with zero attached hydrogens (tertiary/aromatic N) is 2. The summed E-state index contributed by atoms with van der Waals surface area (Å²) in [6, 6.07) is 3.45. The van der Waals surface area contributed by atoms with Crippen molar-refractivity contribution in [3.05, 3.63) is 34.7 Å². The zero-order valence-electron chi connectivity index (χ0n) is 11.1. The van der Waals surface area contributed by atoms with Crippen LogP contribution in [0, 0.1) is 23.7 Å². The number of hydrogen-bond donors (Lipinski definition) is 0. The molecule has 1 aliphatic heterocycles. The number of carbonyl (C=O) groups excluding carboxylic acids is 2. The van der Waals surface area contributed by atoms with E-state index in [1.54, 1.807) is 12.1 Å². The summed E-state index contributed by atoms with van der Waals surface area (Å²) in [5, 5.41) is 5.09. The van der Waals surface area contributed by atoms with Gasteiger partial charge in [-0.1, -0.05) is 12.2 Å². The second-order valence-electron chi connectivity index (χ2n) is 5.72. The molecule has 2 amide bonds. The highest BCUT2D eigenvalue weighted by atomic mass is 79.9. The summed E-state index contributed by atoms with van der Waals surface area (Å²) in [6.45, 7) is 0. The molecule has 6 heteroatoms. The highest BCUT2D eigenvalue weighted by Gasteiger charge is 2.56. The zero-order valence-corrected chi connectivity index (χ0v) is 12.7. The van der Waals surface area contributed by atoms with Crippen molar-refractivity contribution < 1.29 is 14.0 Å². The standard InChI is InChI=1S/C15H13BrN2O3/c16-11-6-5-10(21-11)7-17-18-14(19)12-8-1-2-9(4-3-8)13(12)15(18)20/h1-2,5-9,12-13H,3-4H2/b17-7-/t8-,9-,12+,13+/m0/s1. The third-order valence-corrected chi connectivity index (χ3v) is 5.06. The lowest BCUT2D eigenvalue weighted by Crippen LogP contribution is -2.38. The molecule has 2 fully saturated rings. The number of rotatable bonds is 2. The van der Waals surface area contributed by atoms with Gasteiger partial charge in [-0.25, -0.2) is 0 Å². The van der Waals surface area contributed by atoms with Crippen LogP contribution in [0.3, 0.4) is 0 Å². The number of halogens is 1. The molecule has 2 bridgehead atoms. The molecule has 4 atom stereocenters. The van der Waals surface area contributed by atoms with Gasteiger partial charge in [-0.3, -0.25) is 9.59 Å². The summed E-state index contributed by atoms with van der Waals surface area (Å²) in [7, 11) is 0. The van der Waals surface area contributed by atoms with E-state index in [1.165, 1.54) is 6.21 Å². The Morgan fingerprint density at radius 3 is 2.24 bits per heavy atom. The number of furan rings is 1. The van der Waals surface area contributed by atoms with Crippen molar-refractivity contribution in [3.63, 3.8) is 0 Å². The Morgan fingerprint density at radius 1 is 1.14 bits per heavy atom. The average molecular weight is 349 g/mol. The van der Waals surface area contributed by atoms with Crippen molar-refractivity contribution in [3.8, 4) is 0 Å². The second-order valence-corrected chi connectivity index (χ2v) is 6.50. The van der Waals surface area contributed by atoms with Crippen LogP contribution in [-0.4, -0.2) is 23.0 Å². The van der Waals surface area contributed by atoms with E-state index in [-0.39, 0.29) is 35.5 Å².